The third-order valence-electron chi connectivity index (χ3n) is 14.1. The van der Waals surface area contributed by atoms with Gasteiger partial charge in [0.05, 0.1) is 26.4 Å². The maximum absolute atomic E-state index is 12.9. The van der Waals surface area contributed by atoms with E-state index in [2.05, 4.69) is 48.5 Å². The number of phosphoric ester groups is 2. The molecule has 0 aliphatic heterocycles. The van der Waals surface area contributed by atoms with Crippen molar-refractivity contribution in [3.05, 3.63) is 0 Å². The summed E-state index contributed by atoms with van der Waals surface area (Å²) in [4.78, 5) is 71.8. The Kier molecular flexibility index (Phi) is 52.2. The average molecular weight is 1200 g/mol. The van der Waals surface area contributed by atoms with E-state index >= 15 is 0 Å². The summed E-state index contributed by atoms with van der Waals surface area (Å²) in [6.45, 7) is 11.5. The van der Waals surface area contributed by atoms with Crippen LogP contribution in [0.1, 0.15) is 299 Å². The van der Waals surface area contributed by atoms with Crippen LogP contribution in [0.4, 0.5) is 0 Å². The molecule has 17 nitrogen and oxygen atoms in total. The zero-order valence-corrected chi connectivity index (χ0v) is 54.0. The van der Waals surface area contributed by atoms with Gasteiger partial charge in [-0.05, 0) is 43.4 Å². The van der Waals surface area contributed by atoms with Crippen molar-refractivity contribution < 1.29 is 80.2 Å². The van der Waals surface area contributed by atoms with Crippen molar-refractivity contribution in [1.29, 1.82) is 0 Å². The highest BCUT2D eigenvalue weighted by atomic mass is 31.2. The third-order valence-corrected chi connectivity index (χ3v) is 16.0. The van der Waals surface area contributed by atoms with Gasteiger partial charge in [0.15, 0.2) is 12.2 Å². The molecule has 0 aromatic carbocycles. The predicted octanol–water partition coefficient (Wildman–Crippen LogP) is 16.7. The summed E-state index contributed by atoms with van der Waals surface area (Å²) < 4.78 is 67.6. The van der Waals surface area contributed by atoms with Gasteiger partial charge in [-0.2, -0.15) is 0 Å². The average Bonchev–Trinajstić information content (AvgIpc) is 3.41. The first kappa shape index (κ1) is 79.1. The molecule has 0 bridgehead atoms. The van der Waals surface area contributed by atoms with Gasteiger partial charge in [-0.1, -0.05) is 248 Å². The maximum Gasteiger partial charge on any atom is 0.472 e. The molecule has 0 aliphatic rings. The first-order valence-corrected chi connectivity index (χ1v) is 35.3. The lowest BCUT2D eigenvalue weighted by atomic mass is 10.0. The van der Waals surface area contributed by atoms with Crippen LogP contribution in [0.3, 0.4) is 0 Å². The van der Waals surface area contributed by atoms with Gasteiger partial charge in [0.1, 0.15) is 19.3 Å². The van der Waals surface area contributed by atoms with Gasteiger partial charge < -0.3 is 33.8 Å². The second-order valence-corrected chi connectivity index (χ2v) is 26.8. The van der Waals surface area contributed by atoms with E-state index in [9.17, 15) is 43.2 Å². The minimum Gasteiger partial charge on any atom is -0.462 e. The molecule has 0 saturated heterocycles. The number of aliphatic hydroxyl groups excluding tert-OH is 1. The van der Waals surface area contributed by atoms with Gasteiger partial charge in [0.25, 0.3) is 0 Å². The summed E-state index contributed by atoms with van der Waals surface area (Å²) >= 11 is 0. The van der Waals surface area contributed by atoms with Gasteiger partial charge >= 0.3 is 39.5 Å². The van der Waals surface area contributed by atoms with Crippen molar-refractivity contribution in [3.8, 4) is 0 Å². The van der Waals surface area contributed by atoms with E-state index in [1.165, 1.54) is 96.3 Å². The lowest BCUT2D eigenvalue weighted by Crippen LogP contribution is -2.30. The summed E-state index contributed by atoms with van der Waals surface area (Å²) in [7, 11) is -9.87. The first-order valence-electron chi connectivity index (χ1n) is 32.3. The Morgan fingerprint density at radius 1 is 0.333 bits per heavy atom. The van der Waals surface area contributed by atoms with Crippen LogP contribution in [0.2, 0.25) is 0 Å². The minimum atomic E-state index is -4.94. The van der Waals surface area contributed by atoms with E-state index < -0.39 is 97.5 Å². The zero-order chi connectivity index (χ0) is 60.3. The van der Waals surface area contributed by atoms with Crippen molar-refractivity contribution in [2.75, 3.05) is 39.6 Å². The highest BCUT2D eigenvalue weighted by Gasteiger charge is 2.30. The van der Waals surface area contributed by atoms with E-state index in [0.29, 0.717) is 37.5 Å². The molecule has 0 aromatic heterocycles. The topological polar surface area (TPSA) is 237 Å². The fourth-order valence-electron chi connectivity index (χ4n) is 9.13. The molecule has 0 saturated carbocycles. The molecule has 0 aliphatic carbocycles. The standard InChI is InChI=1S/C62H120O17P2/c1-8-9-10-26-36-43-59(64)72-49-57(79-62(67)46-39-32-25-23-29-35-42-55(6)7)51-76-80(68,69)74-47-56(63)48-75-81(70,71)77-52-58(50-73-60(65)44-37-30-24-22-28-34-41-54(4)5)78-61(66)45-38-31-21-19-17-15-13-11-12-14-16-18-20-27-33-40-53(2)3/h53-58,63H,8-52H2,1-7H3,(H,68,69)(H,70,71)/t56-,57+,58+/m0/s1. The Labute approximate surface area is 492 Å². The SMILES string of the molecule is CCCCCCCC(=O)OC[C@H](COP(=O)(O)OC[C@H](O)COP(=O)(O)OC[C@@H](COC(=O)CCCCCCCCC(C)C)OC(=O)CCCCCCCCCCCCCCCCCC(C)C)OC(=O)CCCCCCCCC(C)C. The smallest absolute Gasteiger partial charge is 0.462 e. The van der Waals surface area contributed by atoms with Crippen LogP contribution in [0.5, 0.6) is 0 Å². The van der Waals surface area contributed by atoms with Crippen LogP contribution in [-0.2, 0) is 65.4 Å². The molecule has 5 atom stereocenters. The summed E-state index contributed by atoms with van der Waals surface area (Å²) in [6.07, 6.45) is 34.2. The summed E-state index contributed by atoms with van der Waals surface area (Å²) in [5, 5.41) is 10.5. The number of ether oxygens (including phenoxy) is 4. The third kappa shape index (κ3) is 56.9. The highest BCUT2D eigenvalue weighted by Crippen LogP contribution is 2.45. The summed E-state index contributed by atoms with van der Waals surface area (Å²) in [5.41, 5.74) is 0. The number of carbonyl (C=O) groups excluding carboxylic acids is 4. The number of unbranched alkanes of at least 4 members (excludes halogenated alkanes) is 28. The Bertz CT molecular complexity index is 1610. The van der Waals surface area contributed by atoms with Crippen molar-refractivity contribution in [2.45, 2.75) is 317 Å². The molecular weight excluding hydrogens is 1080 g/mol. The second kappa shape index (κ2) is 53.5. The fourth-order valence-corrected chi connectivity index (χ4v) is 10.7. The minimum absolute atomic E-state index is 0.101. The van der Waals surface area contributed by atoms with Crippen LogP contribution in [0, 0.1) is 17.8 Å². The van der Waals surface area contributed by atoms with Crippen molar-refractivity contribution >= 4 is 39.5 Å². The lowest BCUT2D eigenvalue weighted by Gasteiger charge is -2.21. The molecule has 0 heterocycles. The maximum atomic E-state index is 12.9. The van der Waals surface area contributed by atoms with Gasteiger partial charge in [-0.3, -0.25) is 37.3 Å². The zero-order valence-electron chi connectivity index (χ0n) is 52.2. The van der Waals surface area contributed by atoms with Crippen LogP contribution < -0.4 is 0 Å². The van der Waals surface area contributed by atoms with Crippen molar-refractivity contribution in [2.24, 2.45) is 17.8 Å². The molecular formula is C62H120O17P2. The molecule has 81 heavy (non-hydrogen) atoms. The predicted molar refractivity (Wildman–Crippen MR) is 321 cm³/mol. The van der Waals surface area contributed by atoms with Crippen molar-refractivity contribution in [1.82, 2.24) is 0 Å². The van der Waals surface area contributed by atoms with Gasteiger partial charge in [0, 0.05) is 25.7 Å². The molecule has 0 fully saturated rings. The highest BCUT2D eigenvalue weighted by molar-refractivity contribution is 7.47. The van der Waals surface area contributed by atoms with Gasteiger partial charge in [-0.25, -0.2) is 9.13 Å². The number of phosphoric acid groups is 2. The molecule has 0 spiro atoms. The van der Waals surface area contributed by atoms with Crippen LogP contribution >= 0.6 is 15.6 Å². The Balaban J connectivity index is 5.12. The molecule has 480 valence electrons. The molecule has 0 amide bonds. The molecule has 0 radical (unpaired) electrons. The molecule has 0 rings (SSSR count). The number of hydrogen-bond donors (Lipinski definition) is 3. The van der Waals surface area contributed by atoms with Crippen LogP contribution in [-0.4, -0.2) is 96.7 Å². The Morgan fingerprint density at radius 2 is 0.568 bits per heavy atom. The number of aliphatic hydroxyl groups is 1. The fraction of sp³-hybridized carbons (Fsp3) is 0.935. The second-order valence-electron chi connectivity index (χ2n) is 23.9. The lowest BCUT2D eigenvalue weighted by molar-refractivity contribution is -0.161. The quantitative estimate of drug-likeness (QED) is 0.0222. The number of carbonyl (C=O) groups is 4. The van der Waals surface area contributed by atoms with E-state index in [1.807, 2.05) is 0 Å². The largest absolute Gasteiger partial charge is 0.472 e. The number of rotatable bonds is 60. The summed E-state index contributed by atoms with van der Waals surface area (Å²) in [5.74, 6) is -0.00348. The first-order chi connectivity index (χ1) is 38.7. The summed E-state index contributed by atoms with van der Waals surface area (Å²) in [6, 6.07) is 0. The van der Waals surface area contributed by atoms with E-state index in [1.54, 1.807) is 0 Å². The van der Waals surface area contributed by atoms with E-state index in [4.69, 9.17) is 37.0 Å². The van der Waals surface area contributed by atoms with Crippen LogP contribution in [0.25, 0.3) is 0 Å². The Morgan fingerprint density at radius 3 is 0.840 bits per heavy atom. The molecule has 0 aromatic rings. The van der Waals surface area contributed by atoms with Crippen molar-refractivity contribution in [3.63, 3.8) is 0 Å². The number of hydrogen-bond acceptors (Lipinski definition) is 15. The van der Waals surface area contributed by atoms with E-state index in [-0.39, 0.29) is 25.7 Å². The van der Waals surface area contributed by atoms with Crippen LogP contribution in [0.15, 0.2) is 0 Å². The van der Waals surface area contributed by atoms with Gasteiger partial charge in [-0.15, -0.1) is 0 Å². The Hall–Kier alpha value is -1.94. The monoisotopic (exact) mass is 1200 g/mol. The van der Waals surface area contributed by atoms with Gasteiger partial charge in [0.2, 0.25) is 0 Å². The molecule has 3 N–H and O–H groups in total. The number of esters is 4. The normalized spacial score (nSPS) is 14.4. The molecule has 19 heteroatoms. The molecule has 2 unspecified atom stereocenters. The van der Waals surface area contributed by atoms with E-state index in [0.717, 1.165) is 109 Å².